The number of nitrogens with zero attached hydrogens (tertiary/aromatic N) is 1. The average molecular weight is 257 g/mol. The maximum absolute atomic E-state index is 8.96. The third-order valence-corrected chi connectivity index (χ3v) is 4.21. The maximum atomic E-state index is 8.96. The van der Waals surface area contributed by atoms with Crippen molar-refractivity contribution in [1.29, 1.82) is 5.26 Å². The molecule has 1 fully saturated rings. The Morgan fingerprint density at radius 1 is 1.62 bits per heavy atom. The molecule has 1 unspecified atom stereocenters. The van der Waals surface area contributed by atoms with Crippen molar-refractivity contribution in [2.45, 2.75) is 18.9 Å². The van der Waals surface area contributed by atoms with E-state index in [0.29, 0.717) is 0 Å². The molecule has 1 heterocycles. The van der Waals surface area contributed by atoms with Crippen LogP contribution in [0.25, 0.3) is 0 Å². The van der Waals surface area contributed by atoms with E-state index in [1.807, 2.05) is 12.1 Å². The predicted molar refractivity (Wildman–Crippen MR) is 56.2 cm³/mol. The highest BCUT2D eigenvalue weighted by molar-refractivity contribution is 9.11. The van der Waals surface area contributed by atoms with Crippen LogP contribution < -0.4 is 5.73 Å². The minimum atomic E-state index is -0.260. The van der Waals surface area contributed by atoms with Crippen LogP contribution in [-0.4, -0.2) is 0 Å². The summed E-state index contributed by atoms with van der Waals surface area (Å²) in [6.07, 6.45) is 1.89. The van der Waals surface area contributed by atoms with E-state index in [4.69, 9.17) is 11.0 Å². The Balaban J connectivity index is 2.23. The van der Waals surface area contributed by atoms with Crippen molar-refractivity contribution in [3.63, 3.8) is 0 Å². The smallest absolute Gasteiger partial charge is 0.0775 e. The van der Waals surface area contributed by atoms with Crippen LogP contribution in [0, 0.1) is 16.7 Å². The van der Waals surface area contributed by atoms with Crippen LogP contribution in [0.4, 0.5) is 0 Å². The average Bonchev–Trinajstić information content (AvgIpc) is 2.82. The first kappa shape index (κ1) is 9.20. The van der Waals surface area contributed by atoms with E-state index in [0.717, 1.165) is 21.5 Å². The van der Waals surface area contributed by atoms with Crippen molar-refractivity contribution < 1.29 is 0 Å². The molecule has 1 aromatic heterocycles. The van der Waals surface area contributed by atoms with Crippen molar-refractivity contribution in [3.05, 3.63) is 20.8 Å². The number of hydrogen-bond donors (Lipinski definition) is 1. The lowest BCUT2D eigenvalue weighted by Crippen LogP contribution is -2.20. The maximum Gasteiger partial charge on any atom is 0.0775 e. The van der Waals surface area contributed by atoms with Crippen LogP contribution in [-0.2, 0) is 0 Å². The van der Waals surface area contributed by atoms with Gasteiger partial charge in [0.1, 0.15) is 0 Å². The van der Waals surface area contributed by atoms with Crippen molar-refractivity contribution in [3.8, 4) is 6.07 Å². The summed E-state index contributed by atoms with van der Waals surface area (Å²) in [4.78, 5) is 1.10. The van der Waals surface area contributed by atoms with Gasteiger partial charge in [-0.25, -0.2) is 0 Å². The second-order valence-electron chi connectivity index (χ2n) is 3.39. The van der Waals surface area contributed by atoms with Gasteiger partial charge in [-0.15, -0.1) is 11.3 Å². The van der Waals surface area contributed by atoms with Gasteiger partial charge in [0, 0.05) is 4.88 Å². The number of hydrogen-bond acceptors (Lipinski definition) is 3. The lowest BCUT2D eigenvalue weighted by Gasteiger charge is -2.13. The number of nitriles is 1. The summed E-state index contributed by atoms with van der Waals surface area (Å²) < 4.78 is 1.08. The highest BCUT2D eigenvalue weighted by atomic mass is 79.9. The molecule has 1 aliphatic carbocycles. The summed E-state index contributed by atoms with van der Waals surface area (Å²) in [7, 11) is 0. The van der Waals surface area contributed by atoms with Gasteiger partial charge in [0.2, 0.25) is 0 Å². The molecular formula is C9H9BrN2S. The summed E-state index contributed by atoms with van der Waals surface area (Å²) in [6.45, 7) is 0. The third kappa shape index (κ3) is 1.52. The van der Waals surface area contributed by atoms with Gasteiger partial charge in [-0.05, 0) is 40.9 Å². The van der Waals surface area contributed by atoms with Gasteiger partial charge in [-0.1, -0.05) is 0 Å². The molecule has 2 rings (SSSR count). The first-order valence-corrected chi connectivity index (χ1v) is 5.71. The molecule has 4 heteroatoms. The van der Waals surface area contributed by atoms with Crippen LogP contribution in [0.1, 0.15) is 23.8 Å². The Labute approximate surface area is 89.5 Å². The van der Waals surface area contributed by atoms with Gasteiger partial charge < -0.3 is 5.73 Å². The van der Waals surface area contributed by atoms with Gasteiger partial charge in [-0.2, -0.15) is 5.26 Å². The Kier molecular flexibility index (Phi) is 2.18. The molecule has 0 saturated heterocycles. The number of thiophene rings is 1. The molecule has 1 aliphatic rings. The third-order valence-electron chi connectivity index (χ3n) is 2.51. The van der Waals surface area contributed by atoms with E-state index in [-0.39, 0.29) is 11.5 Å². The zero-order valence-corrected chi connectivity index (χ0v) is 9.36. The van der Waals surface area contributed by atoms with Crippen LogP contribution in [0.5, 0.6) is 0 Å². The molecular weight excluding hydrogens is 248 g/mol. The first-order chi connectivity index (χ1) is 6.18. The van der Waals surface area contributed by atoms with Crippen LogP contribution >= 0.6 is 27.3 Å². The van der Waals surface area contributed by atoms with E-state index < -0.39 is 0 Å². The Bertz CT molecular complexity index is 362. The Morgan fingerprint density at radius 3 is 2.69 bits per heavy atom. The minimum absolute atomic E-state index is 0.103. The van der Waals surface area contributed by atoms with Gasteiger partial charge in [0.05, 0.1) is 21.3 Å². The minimum Gasteiger partial charge on any atom is -0.322 e. The summed E-state index contributed by atoms with van der Waals surface area (Å²) in [6, 6.07) is 6.20. The van der Waals surface area contributed by atoms with Crippen LogP contribution in [0.15, 0.2) is 15.9 Å². The Hall–Kier alpha value is -0.370. The normalized spacial score (nSPS) is 20.7. The fourth-order valence-electron chi connectivity index (χ4n) is 1.39. The second kappa shape index (κ2) is 3.09. The van der Waals surface area contributed by atoms with Gasteiger partial charge in [0.25, 0.3) is 0 Å². The SMILES string of the molecule is N#CC1(C(N)c2ccc(Br)s2)CC1. The highest BCUT2D eigenvalue weighted by Crippen LogP contribution is 2.54. The molecule has 1 aromatic rings. The van der Waals surface area contributed by atoms with E-state index in [2.05, 4.69) is 22.0 Å². The molecule has 0 aliphatic heterocycles. The quantitative estimate of drug-likeness (QED) is 0.885. The van der Waals surface area contributed by atoms with Crippen molar-refractivity contribution in [1.82, 2.24) is 0 Å². The second-order valence-corrected chi connectivity index (χ2v) is 5.88. The number of rotatable bonds is 2. The molecule has 13 heavy (non-hydrogen) atoms. The fourth-order valence-corrected chi connectivity index (χ4v) is 2.94. The molecule has 68 valence electrons. The first-order valence-electron chi connectivity index (χ1n) is 4.10. The lowest BCUT2D eigenvalue weighted by atomic mass is 9.98. The Morgan fingerprint density at radius 2 is 2.31 bits per heavy atom. The van der Waals surface area contributed by atoms with Gasteiger partial charge in [-0.3, -0.25) is 0 Å². The summed E-state index contributed by atoms with van der Waals surface area (Å²) in [5.41, 5.74) is 5.77. The van der Waals surface area contributed by atoms with Gasteiger partial charge >= 0.3 is 0 Å². The molecule has 0 aromatic carbocycles. The van der Waals surface area contributed by atoms with Crippen molar-refractivity contribution in [2.75, 3.05) is 0 Å². The lowest BCUT2D eigenvalue weighted by molar-refractivity contribution is 0.527. The monoisotopic (exact) mass is 256 g/mol. The van der Waals surface area contributed by atoms with E-state index in [1.165, 1.54) is 0 Å². The molecule has 2 N–H and O–H groups in total. The zero-order chi connectivity index (χ0) is 9.47. The molecule has 2 nitrogen and oxygen atoms in total. The van der Waals surface area contributed by atoms with Crippen molar-refractivity contribution >= 4 is 27.3 Å². The molecule has 0 amide bonds. The largest absolute Gasteiger partial charge is 0.322 e. The molecule has 0 bridgehead atoms. The summed E-state index contributed by atoms with van der Waals surface area (Å²) in [5.74, 6) is 0. The van der Waals surface area contributed by atoms with E-state index in [1.54, 1.807) is 11.3 Å². The highest BCUT2D eigenvalue weighted by Gasteiger charge is 2.49. The topological polar surface area (TPSA) is 49.8 Å². The molecule has 1 saturated carbocycles. The van der Waals surface area contributed by atoms with Crippen molar-refractivity contribution in [2.24, 2.45) is 11.1 Å². The number of nitrogens with two attached hydrogens (primary N) is 1. The molecule has 1 atom stereocenters. The predicted octanol–water partition coefficient (Wildman–Crippen LogP) is 2.81. The fraction of sp³-hybridized carbons (Fsp3) is 0.444. The van der Waals surface area contributed by atoms with E-state index >= 15 is 0 Å². The molecule has 0 spiro atoms. The number of halogens is 1. The standard InChI is InChI=1S/C9H9BrN2S/c10-7-2-1-6(13-7)8(12)9(5-11)3-4-9/h1-2,8H,3-4,12H2. The van der Waals surface area contributed by atoms with Crippen LogP contribution in [0.2, 0.25) is 0 Å². The summed E-state index contributed by atoms with van der Waals surface area (Å²) in [5, 5.41) is 8.96. The van der Waals surface area contributed by atoms with Crippen LogP contribution in [0.3, 0.4) is 0 Å². The summed E-state index contributed by atoms with van der Waals surface area (Å²) >= 11 is 5.01. The van der Waals surface area contributed by atoms with Gasteiger partial charge in [0.15, 0.2) is 0 Å². The zero-order valence-electron chi connectivity index (χ0n) is 6.96. The molecule has 0 radical (unpaired) electrons. The van der Waals surface area contributed by atoms with E-state index in [9.17, 15) is 0 Å².